The number of ether oxygens (including phenoxy) is 1. The predicted octanol–water partition coefficient (Wildman–Crippen LogP) is 0.167. The van der Waals surface area contributed by atoms with Gasteiger partial charge in [-0.1, -0.05) is 25.1 Å². The van der Waals surface area contributed by atoms with E-state index in [1.54, 1.807) is 0 Å². The van der Waals surface area contributed by atoms with Crippen LogP contribution in [0.3, 0.4) is 0 Å². The molecule has 0 unspecified atom stereocenters. The molecule has 136 valence electrons. The first kappa shape index (κ1) is 19.1. The second-order valence-corrected chi connectivity index (χ2v) is 6.35. The van der Waals surface area contributed by atoms with E-state index in [0.29, 0.717) is 13.2 Å². The number of aliphatic hydroxyl groups excluding tert-OH is 4. The molecule has 1 fully saturated rings. The average Bonchev–Trinajstić information content (AvgIpc) is 2.59. The first-order chi connectivity index (χ1) is 11.6. The van der Waals surface area contributed by atoms with Crippen LogP contribution >= 0.6 is 0 Å². The van der Waals surface area contributed by atoms with E-state index in [1.807, 2.05) is 29.2 Å². The van der Waals surface area contributed by atoms with Gasteiger partial charge in [-0.2, -0.15) is 0 Å². The number of hydrogen-bond donors (Lipinski definition) is 4. The van der Waals surface area contributed by atoms with Gasteiger partial charge < -0.3 is 25.2 Å². The highest BCUT2D eigenvalue weighted by molar-refractivity contribution is 5.33. The summed E-state index contributed by atoms with van der Waals surface area (Å²) in [6.07, 6.45) is -0.774. The van der Waals surface area contributed by atoms with Gasteiger partial charge in [0.05, 0.1) is 25.4 Å². The van der Waals surface area contributed by atoms with Crippen molar-refractivity contribution in [2.75, 3.05) is 26.3 Å². The Balaban J connectivity index is 1.91. The quantitative estimate of drug-likeness (QED) is 0.539. The lowest BCUT2D eigenvalue weighted by Crippen LogP contribution is -2.62. The highest BCUT2D eigenvalue weighted by Gasteiger charge is 2.40. The molecule has 6 nitrogen and oxygen atoms in total. The Morgan fingerprint density at radius 3 is 2.62 bits per heavy atom. The lowest BCUT2D eigenvalue weighted by atomic mass is 9.94. The Bertz CT molecular complexity index is 498. The molecular weight excluding hydrogens is 310 g/mol. The number of β-amino-alcohol motifs (C(OH)–C–C–N with tert-alkyl or cyclic N) is 1. The smallest absolute Gasteiger partial charge is 0.122 e. The van der Waals surface area contributed by atoms with Gasteiger partial charge in [0.25, 0.3) is 0 Å². The van der Waals surface area contributed by atoms with Crippen molar-refractivity contribution < 1.29 is 25.2 Å². The molecule has 6 heteroatoms. The van der Waals surface area contributed by atoms with Gasteiger partial charge in [-0.15, -0.1) is 0 Å². The Hall–Kier alpha value is -1.18. The molecule has 0 saturated carbocycles. The van der Waals surface area contributed by atoms with E-state index >= 15 is 0 Å². The fourth-order valence-corrected chi connectivity index (χ4v) is 3.17. The summed E-state index contributed by atoms with van der Waals surface area (Å²) >= 11 is 0. The van der Waals surface area contributed by atoms with Crippen LogP contribution in [0.25, 0.3) is 0 Å². The van der Waals surface area contributed by atoms with Gasteiger partial charge in [0, 0.05) is 6.54 Å². The van der Waals surface area contributed by atoms with Crippen LogP contribution < -0.4 is 4.74 Å². The number of nitrogens with zero attached hydrogens (tertiary/aromatic N) is 1. The highest BCUT2D eigenvalue weighted by Crippen LogP contribution is 2.22. The number of benzene rings is 1. The predicted molar refractivity (Wildman–Crippen MR) is 91.0 cm³/mol. The Kier molecular flexibility index (Phi) is 7.45. The summed E-state index contributed by atoms with van der Waals surface area (Å²) in [4.78, 5) is 1.84. The number of aliphatic hydroxyl groups is 4. The van der Waals surface area contributed by atoms with Gasteiger partial charge in [0.15, 0.2) is 0 Å². The zero-order valence-electron chi connectivity index (χ0n) is 14.2. The molecule has 1 saturated heterocycles. The molecule has 1 aliphatic rings. The lowest BCUT2D eigenvalue weighted by molar-refractivity contribution is -0.145. The minimum absolute atomic E-state index is 0.247. The Labute approximate surface area is 143 Å². The third kappa shape index (κ3) is 4.68. The van der Waals surface area contributed by atoms with Crippen molar-refractivity contribution in [2.24, 2.45) is 0 Å². The van der Waals surface area contributed by atoms with E-state index in [4.69, 9.17) is 4.74 Å². The SMILES string of the molecule is CCCOc1ccccc1CCCN1C[C@H](O)[C@@H](O)[C@H](O)[C@H]1CO. The van der Waals surface area contributed by atoms with Crippen LogP contribution in [0.1, 0.15) is 25.3 Å². The van der Waals surface area contributed by atoms with Gasteiger partial charge in [0.2, 0.25) is 0 Å². The third-order valence-electron chi connectivity index (χ3n) is 4.54. The summed E-state index contributed by atoms with van der Waals surface area (Å²) in [5.74, 6) is 0.896. The fourth-order valence-electron chi connectivity index (χ4n) is 3.17. The topological polar surface area (TPSA) is 93.4 Å². The maximum absolute atomic E-state index is 10.0. The second kappa shape index (κ2) is 9.34. The normalized spacial score (nSPS) is 28.0. The minimum atomic E-state index is -1.21. The second-order valence-electron chi connectivity index (χ2n) is 6.35. The van der Waals surface area contributed by atoms with Gasteiger partial charge in [0.1, 0.15) is 18.0 Å². The Morgan fingerprint density at radius 2 is 1.92 bits per heavy atom. The number of rotatable bonds is 8. The zero-order valence-corrected chi connectivity index (χ0v) is 14.2. The van der Waals surface area contributed by atoms with Crippen LogP contribution in [-0.2, 0) is 6.42 Å². The number of hydrogen-bond acceptors (Lipinski definition) is 6. The van der Waals surface area contributed by atoms with Crippen LogP contribution in [0.4, 0.5) is 0 Å². The van der Waals surface area contributed by atoms with Crippen LogP contribution in [0.2, 0.25) is 0 Å². The zero-order chi connectivity index (χ0) is 17.5. The number of aryl methyl sites for hydroxylation is 1. The van der Waals surface area contributed by atoms with Crippen molar-refractivity contribution in [3.8, 4) is 5.75 Å². The molecule has 1 aromatic rings. The molecule has 24 heavy (non-hydrogen) atoms. The average molecular weight is 339 g/mol. The van der Waals surface area contributed by atoms with E-state index < -0.39 is 24.4 Å². The molecular formula is C18H29NO5. The molecule has 1 aromatic carbocycles. The summed E-state index contributed by atoms with van der Waals surface area (Å²) in [5.41, 5.74) is 1.13. The standard InChI is InChI=1S/C18H29NO5/c1-2-10-24-16-8-4-3-6-13(16)7-5-9-19-11-15(21)18(23)17(22)14(19)12-20/h3-4,6,8,14-15,17-18,20-23H,2,5,7,9-12H2,1H3/t14-,15+,17-,18-/m1/s1. The van der Waals surface area contributed by atoms with E-state index in [1.165, 1.54) is 0 Å². The summed E-state index contributed by atoms with van der Waals surface area (Å²) in [6.45, 7) is 3.37. The summed E-state index contributed by atoms with van der Waals surface area (Å²) < 4.78 is 5.75. The van der Waals surface area contributed by atoms with Crippen LogP contribution in [0.5, 0.6) is 5.75 Å². The van der Waals surface area contributed by atoms with Crippen molar-refractivity contribution in [3.05, 3.63) is 29.8 Å². The molecule has 4 atom stereocenters. The first-order valence-electron chi connectivity index (χ1n) is 8.68. The van der Waals surface area contributed by atoms with Gasteiger partial charge >= 0.3 is 0 Å². The van der Waals surface area contributed by atoms with Gasteiger partial charge in [-0.25, -0.2) is 0 Å². The van der Waals surface area contributed by atoms with Crippen LogP contribution in [0, 0.1) is 0 Å². The Morgan fingerprint density at radius 1 is 1.17 bits per heavy atom. The number of piperidine rings is 1. The first-order valence-corrected chi connectivity index (χ1v) is 8.68. The van der Waals surface area contributed by atoms with Crippen LogP contribution in [0.15, 0.2) is 24.3 Å². The highest BCUT2D eigenvalue weighted by atomic mass is 16.5. The van der Waals surface area contributed by atoms with Gasteiger partial charge in [-0.05, 0) is 37.4 Å². The maximum atomic E-state index is 10.0. The summed E-state index contributed by atoms with van der Waals surface area (Å²) in [7, 11) is 0. The molecule has 0 amide bonds. The maximum Gasteiger partial charge on any atom is 0.122 e. The summed E-state index contributed by atoms with van der Waals surface area (Å²) in [5, 5.41) is 39.1. The lowest BCUT2D eigenvalue weighted by Gasteiger charge is -2.43. The van der Waals surface area contributed by atoms with E-state index in [9.17, 15) is 20.4 Å². The van der Waals surface area contributed by atoms with Crippen molar-refractivity contribution in [1.29, 1.82) is 0 Å². The monoisotopic (exact) mass is 339 g/mol. The van der Waals surface area contributed by atoms with Gasteiger partial charge in [-0.3, -0.25) is 4.90 Å². The van der Waals surface area contributed by atoms with Crippen LogP contribution in [-0.4, -0.2) is 76.0 Å². The molecule has 0 spiro atoms. The molecule has 1 heterocycles. The fraction of sp³-hybridized carbons (Fsp3) is 0.667. The number of likely N-dealkylation sites (tertiary alicyclic amines) is 1. The summed E-state index contributed by atoms with van der Waals surface area (Å²) in [6, 6.07) is 7.39. The molecule has 0 radical (unpaired) electrons. The van der Waals surface area contributed by atoms with E-state index in [0.717, 1.165) is 30.6 Å². The molecule has 1 aliphatic heterocycles. The molecule has 0 aliphatic carbocycles. The van der Waals surface area contributed by atoms with Crippen molar-refractivity contribution in [3.63, 3.8) is 0 Å². The molecule has 0 bridgehead atoms. The molecule has 2 rings (SSSR count). The number of para-hydroxylation sites is 1. The molecule has 4 N–H and O–H groups in total. The van der Waals surface area contributed by atoms with E-state index in [-0.39, 0.29) is 13.2 Å². The largest absolute Gasteiger partial charge is 0.493 e. The third-order valence-corrected chi connectivity index (χ3v) is 4.54. The van der Waals surface area contributed by atoms with Crippen molar-refractivity contribution in [1.82, 2.24) is 4.90 Å². The van der Waals surface area contributed by atoms with Crippen molar-refractivity contribution in [2.45, 2.75) is 50.5 Å². The van der Waals surface area contributed by atoms with E-state index in [2.05, 4.69) is 6.92 Å². The molecule has 0 aromatic heterocycles. The van der Waals surface area contributed by atoms with Crippen molar-refractivity contribution >= 4 is 0 Å². The minimum Gasteiger partial charge on any atom is -0.493 e.